The summed E-state index contributed by atoms with van der Waals surface area (Å²) in [6.07, 6.45) is 0. The van der Waals surface area contributed by atoms with Gasteiger partial charge in [-0.3, -0.25) is 0 Å². The summed E-state index contributed by atoms with van der Waals surface area (Å²) in [4.78, 5) is 0. The molecule has 0 unspecified atom stereocenters. The molecule has 1 aromatic rings. The average molecular weight is 312 g/mol. The van der Waals surface area contributed by atoms with Crippen LogP contribution in [0.25, 0.3) is 0 Å². The predicted octanol–water partition coefficient (Wildman–Crippen LogP) is 2.59. The maximum atomic E-state index is 6.08. The van der Waals surface area contributed by atoms with E-state index in [9.17, 15) is 0 Å². The van der Waals surface area contributed by atoms with E-state index in [-0.39, 0.29) is 6.04 Å². The highest BCUT2D eigenvalue weighted by atomic mass is 127. The Labute approximate surface area is 96.5 Å². The highest BCUT2D eigenvalue weighted by molar-refractivity contribution is 14.1. The van der Waals surface area contributed by atoms with Crippen molar-refractivity contribution in [1.29, 1.82) is 0 Å². The lowest BCUT2D eigenvalue weighted by Gasteiger charge is -2.13. The summed E-state index contributed by atoms with van der Waals surface area (Å²) >= 11 is 8.26. The smallest absolute Gasteiger partial charge is 0.0656 e. The number of methoxy groups -OCH3 is 1. The van der Waals surface area contributed by atoms with Crippen LogP contribution in [0.5, 0.6) is 0 Å². The minimum absolute atomic E-state index is 0.146. The van der Waals surface area contributed by atoms with E-state index < -0.39 is 0 Å². The summed E-state index contributed by atoms with van der Waals surface area (Å²) in [7, 11) is 1.63. The molecule has 0 bridgehead atoms. The molecule has 0 aromatic heterocycles. The first kappa shape index (κ1) is 11.2. The molecule has 72 valence electrons. The van der Waals surface area contributed by atoms with Gasteiger partial charge in [0.05, 0.1) is 17.7 Å². The third kappa shape index (κ3) is 2.80. The number of hydrogen-bond donors (Lipinski definition) is 1. The van der Waals surface area contributed by atoms with Gasteiger partial charge < -0.3 is 10.5 Å². The molecule has 13 heavy (non-hydrogen) atoms. The fourth-order valence-electron chi connectivity index (χ4n) is 1.08. The molecule has 0 amide bonds. The Hall–Kier alpha value is 0.160. The van der Waals surface area contributed by atoms with Gasteiger partial charge in [-0.25, -0.2) is 0 Å². The second-order valence-corrected chi connectivity index (χ2v) is 4.25. The van der Waals surface area contributed by atoms with Crippen LogP contribution in [0.4, 0.5) is 0 Å². The van der Waals surface area contributed by atoms with Gasteiger partial charge >= 0.3 is 0 Å². The molecular formula is C9H11ClINO. The minimum Gasteiger partial charge on any atom is -0.383 e. The first-order valence-electron chi connectivity index (χ1n) is 3.85. The summed E-state index contributed by atoms with van der Waals surface area (Å²) in [5.74, 6) is 0. The van der Waals surface area contributed by atoms with Crippen LogP contribution in [-0.2, 0) is 4.74 Å². The molecule has 2 N–H and O–H groups in total. The predicted molar refractivity (Wildman–Crippen MR) is 63.0 cm³/mol. The molecule has 0 aliphatic heterocycles. The molecule has 4 heteroatoms. The lowest BCUT2D eigenvalue weighted by Crippen LogP contribution is -2.16. The number of nitrogens with two attached hydrogens (primary N) is 1. The normalized spacial score (nSPS) is 12.9. The molecule has 0 spiro atoms. The number of rotatable bonds is 3. The summed E-state index contributed by atoms with van der Waals surface area (Å²) in [6.45, 7) is 0.486. The van der Waals surface area contributed by atoms with Gasteiger partial charge in [-0.05, 0) is 34.2 Å². The van der Waals surface area contributed by atoms with Gasteiger partial charge in [0.2, 0.25) is 0 Å². The van der Waals surface area contributed by atoms with Crippen molar-refractivity contribution in [2.75, 3.05) is 13.7 Å². The van der Waals surface area contributed by atoms with Crippen molar-refractivity contribution < 1.29 is 4.74 Å². The van der Waals surface area contributed by atoms with Crippen molar-refractivity contribution in [1.82, 2.24) is 0 Å². The fraction of sp³-hybridized carbons (Fsp3) is 0.333. The zero-order valence-corrected chi connectivity index (χ0v) is 10.2. The van der Waals surface area contributed by atoms with E-state index in [1.807, 2.05) is 18.2 Å². The zero-order valence-electron chi connectivity index (χ0n) is 7.26. The maximum absolute atomic E-state index is 6.08. The second kappa shape index (κ2) is 5.14. The van der Waals surface area contributed by atoms with E-state index in [0.29, 0.717) is 6.61 Å². The van der Waals surface area contributed by atoms with Crippen LogP contribution in [0, 0.1) is 3.57 Å². The zero-order chi connectivity index (χ0) is 9.84. The molecule has 0 saturated carbocycles. The number of halogens is 2. The molecule has 0 radical (unpaired) electrons. The van der Waals surface area contributed by atoms with Gasteiger partial charge in [0.1, 0.15) is 0 Å². The largest absolute Gasteiger partial charge is 0.383 e. The van der Waals surface area contributed by atoms with E-state index in [0.717, 1.165) is 14.2 Å². The summed E-state index contributed by atoms with van der Waals surface area (Å²) in [6, 6.07) is 5.67. The first-order valence-corrected chi connectivity index (χ1v) is 5.31. The van der Waals surface area contributed by atoms with E-state index in [4.69, 9.17) is 22.1 Å². The van der Waals surface area contributed by atoms with Crippen molar-refractivity contribution in [3.63, 3.8) is 0 Å². The van der Waals surface area contributed by atoms with Crippen LogP contribution in [0.2, 0.25) is 5.02 Å². The Morgan fingerprint density at radius 1 is 1.62 bits per heavy atom. The summed E-state index contributed by atoms with van der Waals surface area (Å²) < 4.78 is 5.98. The van der Waals surface area contributed by atoms with Crippen molar-refractivity contribution in [2.45, 2.75) is 6.04 Å². The third-order valence-corrected chi connectivity index (χ3v) is 3.37. The van der Waals surface area contributed by atoms with Crippen LogP contribution in [-0.4, -0.2) is 13.7 Å². The number of benzene rings is 1. The lowest BCUT2D eigenvalue weighted by molar-refractivity contribution is 0.181. The van der Waals surface area contributed by atoms with Gasteiger partial charge in [-0.15, -0.1) is 0 Å². The molecule has 1 rings (SSSR count). The number of ether oxygens (including phenoxy) is 1. The standard InChI is InChI=1S/C9H11ClINO/c1-13-5-8(12)6-3-2-4-7(11)9(6)10/h2-4,8H,5,12H2,1H3/t8-/m0/s1. The van der Waals surface area contributed by atoms with E-state index in [2.05, 4.69) is 22.6 Å². The van der Waals surface area contributed by atoms with E-state index in [1.54, 1.807) is 7.11 Å². The molecule has 0 heterocycles. The Bertz CT molecular complexity index is 293. The SMILES string of the molecule is COC[C@H](N)c1cccc(I)c1Cl. The van der Waals surface area contributed by atoms with Crippen molar-refractivity contribution in [3.05, 3.63) is 32.4 Å². The third-order valence-electron chi connectivity index (χ3n) is 1.73. The lowest BCUT2D eigenvalue weighted by atomic mass is 10.1. The first-order chi connectivity index (χ1) is 6.16. The minimum atomic E-state index is -0.146. The van der Waals surface area contributed by atoms with Crippen molar-refractivity contribution in [2.24, 2.45) is 5.73 Å². The fourth-order valence-corrected chi connectivity index (χ4v) is 1.86. The molecule has 1 aromatic carbocycles. The highest BCUT2D eigenvalue weighted by Gasteiger charge is 2.11. The summed E-state index contributed by atoms with van der Waals surface area (Å²) in [5.41, 5.74) is 6.80. The van der Waals surface area contributed by atoms with Crippen LogP contribution in [0.1, 0.15) is 11.6 Å². The average Bonchev–Trinajstić information content (AvgIpc) is 2.10. The number of hydrogen-bond acceptors (Lipinski definition) is 2. The van der Waals surface area contributed by atoms with Gasteiger partial charge in [-0.2, -0.15) is 0 Å². The van der Waals surface area contributed by atoms with Crippen LogP contribution < -0.4 is 5.73 Å². The Morgan fingerprint density at radius 2 is 2.31 bits per heavy atom. The van der Waals surface area contributed by atoms with Crippen LogP contribution in [0.3, 0.4) is 0 Å². The highest BCUT2D eigenvalue weighted by Crippen LogP contribution is 2.26. The summed E-state index contributed by atoms with van der Waals surface area (Å²) in [5, 5.41) is 0.729. The topological polar surface area (TPSA) is 35.2 Å². The molecular weight excluding hydrogens is 300 g/mol. The van der Waals surface area contributed by atoms with Gasteiger partial charge in [0, 0.05) is 10.7 Å². The molecule has 0 saturated heterocycles. The van der Waals surface area contributed by atoms with Gasteiger partial charge in [-0.1, -0.05) is 23.7 Å². The Kier molecular flexibility index (Phi) is 4.45. The molecule has 1 atom stereocenters. The van der Waals surface area contributed by atoms with E-state index >= 15 is 0 Å². The second-order valence-electron chi connectivity index (χ2n) is 2.70. The van der Waals surface area contributed by atoms with Crippen LogP contribution >= 0.6 is 34.2 Å². The Morgan fingerprint density at radius 3 is 2.92 bits per heavy atom. The molecule has 2 nitrogen and oxygen atoms in total. The molecule has 0 aliphatic carbocycles. The van der Waals surface area contributed by atoms with Crippen LogP contribution in [0.15, 0.2) is 18.2 Å². The van der Waals surface area contributed by atoms with Gasteiger partial charge in [0.15, 0.2) is 0 Å². The van der Waals surface area contributed by atoms with Crippen molar-refractivity contribution in [3.8, 4) is 0 Å². The maximum Gasteiger partial charge on any atom is 0.0656 e. The molecule has 0 aliphatic rings. The Balaban J connectivity index is 2.93. The van der Waals surface area contributed by atoms with E-state index in [1.165, 1.54) is 0 Å². The monoisotopic (exact) mass is 311 g/mol. The van der Waals surface area contributed by atoms with Gasteiger partial charge in [0.25, 0.3) is 0 Å². The molecule has 0 fully saturated rings. The quantitative estimate of drug-likeness (QED) is 0.871. The van der Waals surface area contributed by atoms with Crippen molar-refractivity contribution >= 4 is 34.2 Å².